The maximum absolute atomic E-state index is 12.0. The molecule has 13 heavy (non-hydrogen) atoms. The Morgan fingerprint density at radius 1 is 1.38 bits per heavy atom. The average molecular weight is 194 g/mol. The van der Waals surface area contributed by atoms with E-state index < -0.39 is 22.9 Å². The summed E-state index contributed by atoms with van der Waals surface area (Å²) in [4.78, 5) is 21.4. The second-order valence-corrected chi connectivity index (χ2v) is 2.39. The fourth-order valence-electron chi connectivity index (χ4n) is 0.764. The van der Waals surface area contributed by atoms with Crippen molar-refractivity contribution in [1.82, 2.24) is 9.78 Å². The monoisotopic (exact) mass is 194 g/mol. The van der Waals surface area contributed by atoms with Crippen molar-refractivity contribution >= 4 is 0 Å². The maximum Gasteiger partial charge on any atom is 0.421 e. The van der Waals surface area contributed by atoms with E-state index >= 15 is 0 Å². The highest BCUT2D eigenvalue weighted by atomic mass is 19.4. The molecule has 0 atom stereocenters. The number of nitrogens with zero attached hydrogens (tertiary/aromatic N) is 1. The summed E-state index contributed by atoms with van der Waals surface area (Å²) in [5, 5.41) is 1.74. The van der Waals surface area contributed by atoms with Gasteiger partial charge in [-0.15, -0.1) is 0 Å². The smallest absolute Gasteiger partial charge is 0.268 e. The van der Waals surface area contributed by atoms with Crippen molar-refractivity contribution in [3.05, 3.63) is 32.3 Å². The zero-order valence-corrected chi connectivity index (χ0v) is 6.47. The van der Waals surface area contributed by atoms with Gasteiger partial charge in [-0.05, 0) is 0 Å². The van der Waals surface area contributed by atoms with Crippen LogP contribution in [0.15, 0.2) is 15.7 Å². The summed E-state index contributed by atoms with van der Waals surface area (Å²) in [6.45, 7) is 0. The van der Waals surface area contributed by atoms with Crippen LogP contribution in [0.2, 0.25) is 0 Å². The Balaban J connectivity index is 3.51. The van der Waals surface area contributed by atoms with Crippen LogP contribution >= 0.6 is 0 Å². The van der Waals surface area contributed by atoms with Crippen molar-refractivity contribution in [1.29, 1.82) is 0 Å². The summed E-state index contributed by atoms with van der Waals surface area (Å²) in [5.41, 5.74) is -3.71. The summed E-state index contributed by atoms with van der Waals surface area (Å²) in [6.07, 6.45) is -4.79. The fourth-order valence-corrected chi connectivity index (χ4v) is 0.764. The Morgan fingerprint density at radius 2 is 1.92 bits per heavy atom. The van der Waals surface area contributed by atoms with Gasteiger partial charge in [-0.25, -0.2) is 0 Å². The first-order valence-corrected chi connectivity index (χ1v) is 3.20. The lowest BCUT2D eigenvalue weighted by Gasteiger charge is -2.04. The molecule has 0 radical (unpaired) electrons. The zero-order valence-electron chi connectivity index (χ0n) is 6.47. The van der Waals surface area contributed by atoms with E-state index in [4.69, 9.17) is 0 Å². The van der Waals surface area contributed by atoms with Crippen molar-refractivity contribution < 1.29 is 13.2 Å². The number of aryl methyl sites for hydroxylation is 1. The van der Waals surface area contributed by atoms with Crippen LogP contribution in [0.3, 0.4) is 0 Å². The van der Waals surface area contributed by atoms with Gasteiger partial charge in [0, 0.05) is 13.1 Å². The molecule has 0 fully saturated rings. The number of halogens is 3. The highest BCUT2D eigenvalue weighted by Crippen LogP contribution is 2.24. The van der Waals surface area contributed by atoms with E-state index in [0.717, 1.165) is 7.05 Å². The molecule has 0 aromatic carbocycles. The predicted octanol–water partition coefficient (Wildman–Crippen LogP) is 0.0924. The Kier molecular flexibility index (Phi) is 2.02. The van der Waals surface area contributed by atoms with Crippen LogP contribution in [0, 0.1) is 0 Å². The molecule has 0 aliphatic heterocycles. The lowest BCUT2D eigenvalue weighted by molar-refractivity contribution is -0.139. The molecule has 72 valence electrons. The molecular formula is C6H5F3N2O2. The molecule has 0 aliphatic rings. The minimum atomic E-state index is -4.79. The second kappa shape index (κ2) is 2.75. The lowest BCUT2D eigenvalue weighted by atomic mass is 10.3. The molecule has 1 N–H and O–H groups in total. The number of hydrogen-bond donors (Lipinski definition) is 1. The van der Waals surface area contributed by atoms with Crippen molar-refractivity contribution in [2.45, 2.75) is 6.18 Å². The number of aromatic nitrogens is 2. The highest BCUT2D eigenvalue weighted by Gasteiger charge is 2.34. The molecule has 7 heteroatoms. The quantitative estimate of drug-likeness (QED) is 0.636. The van der Waals surface area contributed by atoms with E-state index in [0.29, 0.717) is 4.68 Å². The second-order valence-electron chi connectivity index (χ2n) is 2.39. The third-order valence-corrected chi connectivity index (χ3v) is 1.42. The first-order valence-electron chi connectivity index (χ1n) is 3.20. The van der Waals surface area contributed by atoms with Crippen LogP contribution < -0.4 is 11.1 Å². The molecule has 0 saturated heterocycles. The van der Waals surface area contributed by atoms with Crippen LogP contribution in [0.4, 0.5) is 13.2 Å². The first kappa shape index (κ1) is 9.56. The SMILES string of the molecule is Cn1[nH]c(=O)c(C(F)(F)F)cc1=O. The number of rotatable bonds is 0. The molecule has 0 spiro atoms. The van der Waals surface area contributed by atoms with Gasteiger partial charge in [-0.2, -0.15) is 13.2 Å². The Labute approximate surface area is 69.6 Å². The third-order valence-electron chi connectivity index (χ3n) is 1.42. The predicted molar refractivity (Wildman–Crippen MR) is 37.3 cm³/mol. The molecule has 1 rings (SSSR count). The first-order chi connectivity index (χ1) is 5.82. The summed E-state index contributed by atoms with van der Waals surface area (Å²) in [5.74, 6) is 0. The average Bonchev–Trinajstić information content (AvgIpc) is 1.94. The van der Waals surface area contributed by atoms with E-state index in [2.05, 4.69) is 0 Å². The Hall–Kier alpha value is -1.53. The van der Waals surface area contributed by atoms with Crippen molar-refractivity contribution in [3.63, 3.8) is 0 Å². The van der Waals surface area contributed by atoms with Crippen molar-refractivity contribution in [2.24, 2.45) is 7.05 Å². The topological polar surface area (TPSA) is 54.9 Å². The number of nitrogens with one attached hydrogen (secondary N) is 1. The molecule has 1 heterocycles. The van der Waals surface area contributed by atoms with Crippen molar-refractivity contribution in [2.75, 3.05) is 0 Å². The molecule has 0 bridgehead atoms. The van der Waals surface area contributed by atoms with Crippen LogP contribution in [0.5, 0.6) is 0 Å². The van der Waals surface area contributed by atoms with E-state index in [-0.39, 0.29) is 6.07 Å². The molecular weight excluding hydrogens is 189 g/mol. The normalized spacial score (nSPS) is 11.7. The summed E-state index contributed by atoms with van der Waals surface area (Å²) in [6, 6.07) is 0.263. The van der Waals surface area contributed by atoms with Gasteiger partial charge < -0.3 is 0 Å². The standard InChI is InChI=1S/C6H5F3N2O2/c1-11-4(12)2-3(5(13)10-11)6(7,8)9/h2H,1H3,(H,10,13). The van der Waals surface area contributed by atoms with Gasteiger partial charge in [0.25, 0.3) is 11.1 Å². The lowest BCUT2D eigenvalue weighted by Crippen LogP contribution is -2.32. The van der Waals surface area contributed by atoms with Gasteiger partial charge in [-0.1, -0.05) is 0 Å². The summed E-state index contributed by atoms with van der Waals surface area (Å²) in [7, 11) is 1.16. The number of aromatic amines is 1. The highest BCUT2D eigenvalue weighted by molar-refractivity contribution is 5.10. The largest absolute Gasteiger partial charge is 0.421 e. The van der Waals surface area contributed by atoms with Gasteiger partial charge in [0.05, 0.1) is 0 Å². The van der Waals surface area contributed by atoms with E-state index in [1.165, 1.54) is 0 Å². The van der Waals surface area contributed by atoms with Crippen LogP contribution in [0.1, 0.15) is 5.56 Å². The number of H-pyrrole nitrogens is 1. The Bertz CT molecular complexity index is 429. The Morgan fingerprint density at radius 3 is 2.38 bits per heavy atom. The van der Waals surface area contributed by atoms with Gasteiger partial charge in [-0.3, -0.25) is 19.4 Å². The minimum Gasteiger partial charge on any atom is -0.268 e. The van der Waals surface area contributed by atoms with Gasteiger partial charge in [0.15, 0.2) is 0 Å². The minimum absolute atomic E-state index is 0.263. The maximum atomic E-state index is 12.0. The third kappa shape index (κ3) is 1.79. The summed E-state index contributed by atoms with van der Waals surface area (Å²) >= 11 is 0. The van der Waals surface area contributed by atoms with E-state index in [1.807, 2.05) is 0 Å². The molecule has 4 nitrogen and oxygen atoms in total. The van der Waals surface area contributed by atoms with Gasteiger partial charge >= 0.3 is 6.18 Å². The molecule has 1 aromatic rings. The molecule has 1 aromatic heterocycles. The van der Waals surface area contributed by atoms with E-state index in [1.54, 1.807) is 5.10 Å². The molecule has 0 amide bonds. The van der Waals surface area contributed by atoms with Crippen LogP contribution in [-0.4, -0.2) is 9.78 Å². The van der Waals surface area contributed by atoms with Gasteiger partial charge in [0.1, 0.15) is 5.56 Å². The fraction of sp³-hybridized carbons (Fsp3) is 0.333. The molecule has 0 saturated carbocycles. The summed E-state index contributed by atoms with van der Waals surface area (Å²) < 4.78 is 36.7. The molecule has 0 aliphatic carbocycles. The number of alkyl halides is 3. The zero-order chi connectivity index (χ0) is 10.2. The number of hydrogen-bond acceptors (Lipinski definition) is 2. The van der Waals surface area contributed by atoms with E-state index in [9.17, 15) is 22.8 Å². The van der Waals surface area contributed by atoms with Crippen molar-refractivity contribution in [3.8, 4) is 0 Å². The van der Waals surface area contributed by atoms with Gasteiger partial charge in [0.2, 0.25) is 0 Å². The van der Waals surface area contributed by atoms with Crippen LogP contribution in [0.25, 0.3) is 0 Å². The van der Waals surface area contributed by atoms with Crippen LogP contribution in [-0.2, 0) is 13.2 Å². The molecule has 0 unspecified atom stereocenters.